The van der Waals surface area contributed by atoms with Crippen molar-refractivity contribution in [3.63, 3.8) is 0 Å². The lowest BCUT2D eigenvalue weighted by molar-refractivity contribution is 0.0219. The largest absolute Gasteiger partial charge is 0.497 e. The van der Waals surface area contributed by atoms with Crippen molar-refractivity contribution in [2.45, 2.75) is 58.0 Å². The van der Waals surface area contributed by atoms with Crippen LogP contribution in [0.5, 0.6) is 5.75 Å². The van der Waals surface area contributed by atoms with E-state index in [0.717, 1.165) is 44.5 Å². The first-order valence-electron chi connectivity index (χ1n) is 12.8. The summed E-state index contributed by atoms with van der Waals surface area (Å²) < 4.78 is 62.5. The summed E-state index contributed by atoms with van der Waals surface area (Å²) in [6.07, 6.45) is 3.98. The van der Waals surface area contributed by atoms with Crippen LogP contribution in [0.25, 0.3) is 0 Å². The van der Waals surface area contributed by atoms with E-state index in [1.165, 1.54) is 15.4 Å². The molecular formula is C24H40N4O5S2. The first-order chi connectivity index (χ1) is 16.7. The van der Waals surface area contributed by atoms with E-state index in [2.05, 4.69) is 21.8 Å². The predicted octanol–water partition coefficient (Wildman–Crippen LogP) is 1.97. The Morgan fingerprint density at radius 1 is 1.14 bits per heavy atom. The number of nitrogens with zero attached hydrogens (tertiary/aromatic N) is 3. The van der Waals surface area contributed by atoms with Gasteiger partial charge in [0.15, 0.2) is 0 Å². The Balaban J connectivity index is 1.43. The molecule has 0 spiro atoms. The lowest BCUT2D eigenvalue weighted by Crippen LogP contribution is -2.57. The molecule has 11 heteroatoms. The summed E-state index contributed by atoms with van der Waals surface area (Å²) in [6, 6.07) is 6.49. The number of piperidine rings is 2. The second-order valence-corrected chi connectivity index (χ2v) is 13.6. The molecule has 0 bridgehead atoms. The van der Waals surface area contributed by atoms with Crippen molar-refractivity contribution in [2.24, 2.45) is 5.92 Å². The summed E-state index contributed by atoms with van der Waals surface area (Å²) in [6.45, 7) is 6.93. The van der Waals surface area contributed by atoms with Crippen LogP contribution in [0.2, 0.25) is 0 Å². The zero-order chi connectivity index (χ0) is 25.2. The number of methoxy groups -OCH3 is 1. The van der Waals surface area contributed by atoms with Crippen LogP contribution in [0, 0.1) is 5.92 Å². The molecule has 3 heterocycles. The molecule has 0 amide bonds. The number of hydrogen-bond acceptors (Lipinski definition) is 6. The third-order valence-corrected chi connectivity index (χ3v) is 11.6. The van der Waals surface area contributed by atoms with E-state index < -0.39 is 20.2 Å². The van der Waals surface area contributed by atoms with Crippen LogP contribution in [0.4, 0.5) is 0 Å². The van der Waals surface area contributed by atoms with Crippen molar-refractivity contribution in [2.75, 3.05) is 52.1 Å². The lowest BCUT2D eigenvalue weighted by atomic mass is 9.77. The zero-order valence-electron chi connectivity index (χ0n) is 21.1. The number of ether oxygens (including phenoxy) is 1. The van der Waals surface area contributed by atoms with Crippen LogP contribution in [-0.4, -0.2) is 88.5 Å². The minimum absolute atomic E-state index is 0.00424. The smallest absolute Gasteiger partial charge is 0.279 e. The molecule has 0 aliphatic carbocycles. The Hall–Kier alpha value is -1.24. The number of nitrogens with one attached hydrogen (secondary N) is 1. The molecule has 3 aliphatic rings. The highest BCUT2D eigenvalue weighted by molar-refractivity contribution is 7.89. The van der Waals surface area contributed by atoms with Crippen LogP contribution < -0.4 is 9.46 Å². The van der Waals surface area contributed by atoms with Gasteiger partial charge in [0.05, 0.1) is 12.9 Å². The van der Waals surface area contributed by atoms with Gasteiger partial charge in [0.1, 0.15) is 5.75 Å². The number of sulfonamides is 1. The maximum atomic E-state index is 13.4. The maximum absolute atomic E-state index is 13.4. The average molecular weight is 529 g/mol. The van der Waals surface area contributed by atoms with Gasteiger partial charge in [-0.15, -0.1) is 0 Å². The lowest BCUT2D eigenvalue weighted by Gasteiger charge is -2.51. The Labute approximate surface area is 211 Å². The summed E-state index contributed by atoms with van der Waals surface area (Å²) in [5.74, 6) is 1.17. The van der Waals surface area contributed by atoms with Crippen molar-refractivity contribution in [3.05, 3.63) is 29.3 Å². The summed E-state index contributed by atoms with van der Waals surface area (Å²) in [5.41, 5.74) is 2.60. The fourth-order valence-electron chi connectivity index (χ4n) is 6.09. The van der Waals surface area contributed by atoms with Crippen molar-refractivity contribution < 1.29 is 21.6 Å². The number of benzene rings is 1. The van der Waals surface area contributed by atoms with Gasteiger partial charge >= 0.3 is 0 Å². The molecule has 0 radical (unpaired) electrons. The van der Waals surface area contributed by atoms with E-state index in [0.29, 0.717) is 25.6 Å². The van der Waals surface area contributed by atoms with Gasteiger partial charge in [0.2, 0.25) is 10.0 Å². The minimum Gasteiger partial charge on any atom is -0.497 e. The van der Waals surface area contributed by atoms with E-state index in [1.54, 1.807) is 25.3 Å². The van der Waals surface area contributed by atoms with Gasteiger partial charge in [-0.3, -0.25) is 4.90 Å². The molecule has 1 aromatic carbocycles. The molecule has 3 aliphatic heterocycles. The highest BCUT2D eigenvalue weighted by Gasteiger charge is 2.45. The summed E-state index contributed by atoms with van der Waals surface area (Å²) in [7, 11) is -5.37. The van der Waals surface area contributed by atoms with Crippen LogP contribution in [0.15, 0.2) is 18.2 Å². The first kappa shape index (κ1) is 26.8. The van der Waals surface area contributed by atoms with E-state index in [9.17, 15) is 16.8 Å². The zero-order valence-corrected chi connectivity index (χ0v) is 22.8. The van der Waals surface area contributed by atoms with Gasteiger partial charge in [-0.25, -0.2) is 13.1 Å². The van der Waals surface area contributed by atoms with Gasteiger partial charge in [0.25, 0.3) is 10.2 Å². The molecule has 9 nitrogen and oxygen atoms in total. The van der Waals surface area contributed by atoms with Crippen LogP contribution >= 0.6 is 0 Å². The van der Waals surface area contributed by atoms with Crippen molar-refractivity contribution in [3.8, 4) is 5.75 Å². The maximum Gasteiger partial charge on any atom is 0.279 e. The predicted molar refractivity (Wildman–Crippen MR) is 137 cm³/mol. The minimum atomic E-state index is -3.57. The molecular weight excluding hydrogens is 488 g/mol. The fraction of sp³-hybridized carbons (Fsp3) is 0.750. The number of fused-ring (bicyclic) bond motifs is 4. The van der Waals surface area contributed by atoms with Gasteiger partial charge in [0, 0.05) is 51.4 Å². The Morgan fingerprint density at radius 3 is 2.63 bits per heavy atom. The van der Waals surface area contributed by atoms with E-state index >= 15 is 0 Å². The molecule has 0 aromatic heterocycles. The third-order valence-electron chi connectivity index (χ3n) is 7.89. The molecule has 198 valence electrons. The van der Waals surface area contributed by atoms with Gasteiger partial charge < -0.3 is 4.74 Å². The Morgan fingerprint density at radius 2 is 1.91 bits per heavy atom. The van der Waals surface area contributed by atoms with Gasteiger partial charge in [-0.2, -0.15) is 17.0 Å². The molecule has 4 rings (SSSR count). The van der Waals surface area contributed by atoms with Crippen LogP contribution in [-0.2, 0) is 26.7 Å². The Bertz CT molecular complexity index is 1090. The van der Waals surface area contributed by atoms with Crippen molar-refractivity contribution in [1.29, 1.82) is 0 Å². The summed E-state index contributed by atoms with van der Waals surface area (Å²) in [4.78, 5) is 2.54. The van der Waals surface area contributed by atoms with Gasteiger partial charge in [-0.1, -0.05) is 19.9 Å². The quantitative estimate of drug-likeness (QED) is 0.466. The molecule has 1 aromatic rings. The van der Waals surface area contributed by atoms with Crippen molar-refractivity contribution in [1.82, 2.24) is 18.2 Å². The second kappa shape index (κ2) is 11.0. The van der Waals surface area contributed by atoms with Gasteiger partial charge in [-0.05, 0) is 61.3 Å². The Kier molecular flexibility index (Phi) is 8.44. The van der Waals surface area contributed by atoms with E-state index in [1.807, 2.05) is 6.07 Å². The molecule has 2 fully saturated rings. The second-order valence-electron chi connectivity index (χ2n) is 9.79. The van der Waals surface area contributed by atoms with Crippen LogP contribution in [0.1, 0.15) is 56.7 Å². The van der Waals surface area contributed by atoms with E-state index in [-0.39, 0.29) is 30.8 Å². The molecule has 2 saturated heterocycles. The fourth-order valence-corrected chi connectivity index (χ4v) is 9.18. The average Bonchev–Trinajstić information content (AvgIpc) is 2.85. The molecule has 35 heavy (non-hydrogen) atoms. The van der Waals surface area contributed by atoms with Crippen molar-refractivity contribution >= 4 is 20.2 Å². The topological polar surface area (TPSA) is 99.3 Å². The number of rotatable bonds is 10. The molecule has 3 atom stereocenters. The summed E-state index contributed by atoms with van der Waals surface area (Å²) in [5, 5.41) is 0. The third kappa shape index (κ3) is 5.70. The normalized spacial score (nSPS) is 25.7. The number of hydrogen-bond donors (Lipinski definition) is 1. The molecule has 0 unspecified atom stereocenters. The highest BCUT2D eigenvalue weighted by atomic mass is 32.2. The first-order valence-corrected chi connectivity index (χ1v) is 15.9. The summed E-state index contributed by atoms with van der Waals surface area (Å²) >= 11 is 0. The SMILES string of the molecule is CCN(CC)S(=O)(=O)NCCCS(=O)(=O)N1CCC[C@H]2CN3CCc4cc(OC)ccc4[C@@H]3C[C@H]21. The molecule has 0 saturated carbocycles. The highest BCUT2D eigenvalue weighted by Crippen LogP contribution is 2.44. The van der Waals surface area contributed by atoms with E-state index in [4.69, 9.17) is 4.74 Å². The molecule has 1 N–H and O–H groups in total. The monoisotopic (exact) mass is 528 g/mol. The van der Waals surface area contributed by atoms with Crippen LogP contribution in [0.3, 0.4) is 0 Å². The standard InChI is InChI=1S/C24H40N4O5S2/c1-4-27(5-2)35(31,32)25-12-7-15-34(29,30)28-13-6-8-20-18-26-14-11-19-16-21(33-3)9-10-22(19)24(26)17-23(20)28/h9-10,16,20,23-25H,4-8,11-15,17-18H2,1-3H3/t20-,23+,24-/m0/s1.